The van der Waals surface area contributed by atoms with Crippen LogP contribution in [-0.4, -0.2) is 11.1 Å². The molecule has 13 heavy (non-hydrogen) atoms. The van der Waals surface area contributed by atoms with E-state index in [2.05, 4.69) is 0 Å². The fourth-order valence-electron chi connectivity index (χ4n) is 0.739. The average Bonchev–Trinajstić information content (AvgIpc) is 2.04. The summed E-state index contributed by atoms with van der Waals surface area (Å²) >= 11 is 0. The molecule has 0 spiro atoms. The van der Waals surface area contributed by atoms with Crippen molar-refractivity contribution in [1.29, 1.82) is 5.26 Å². The quantitative estimate of drug-likeness (QED) is 0.754. The zero-order valence-corrected chi connectivity index (χ0v) is 7.14. The van der Waals surface area contributed by atoms with Crippen LogP contribution in [0.1, 0.15) is 15.9 Å². The lowest BCUT2D eigenvalue weighted by molar-refractivity contribution is 0.0696. The second-order valence-electron chi connectivity index (χ2n) is 2.11. The molecule has 0 saturated carbocycles. The van der Waals surface area contributed by atoms with Crippen LogP contribution in [-0.2, 0) is 0 Å². The number of rotatable bonds is 1. The Morgan fingerprint density at radius 1 is 1.54 bits per heavy atom. The van der Waals surface area contributed by atoms with Crippen LogP contribution < -0.4 is 0 Å². The Morgan fingerprint density at radius 3 is 2.54 bits per heavy atom. The van der Waals surface area contributed by atoms with Gasteiger partial charge in [-0.3, -0.25) is 0 Å². The molecule has 0 aromatic heterocycles. The van der Waals surface area contributed by atoms with Gasteiger partial charge in [0.15, 0.2) is 0 Å². The number of halogens is 2. The lowest BCUT2D eigenvalue weighted by Gasteiger charge is -1.94. The molecule has 0 aliphatic carbocycles. The molecule has 5 heteroatoms. The van der Waals surface area contributed by atoms with Gasteiger partial charge in [0, 0.05) is 0 Å². The van der Waals surface area contributed by atoms with Crippen LogP contribution in [0.4, 0.5) is 4.39 Å². The van der Waals surface area contributed by atoms with E-state index >= 15 is 0 Å². The van der Waals surface area contributed by atoms with E-state index in [0.29, 0.717) is 0 Å². The van der Waals surface area contributed by atoms with Crippen molar-refractivity contribution < 1.29 is 14.3 Å². The van der Waals surface area contributed by atoms with E-state index in [4.69, 9.17) is 10.4 Å². The summed E-state index contributed by atoms with van der Waals surface area (Å²) < 4.78 is 12.7. The van der Waals surface area contributed by atoms with Gasteiger partial charge in [-0.15, -0.1) is 12.4 Å². The molecule has 0 amide bonds. The van der Waals surface area contributed by atoms with E-state index in [9.17, 15) is 9.18 Å². The van der Waals surface area contributed by atoms with Crippen molar-refractivity contribution >= 4 is 18.4 Å². The van der Waals surface area contributed by atoms with Crippen LogP contribution in [0.15, 0.2) is 18.2 Å². The van der Waals surface area contributed by atoms with Gasteiger partial charge in [0.25, 0.3) is 0 Å². The van der Waals surface area contributed by atoms with Gasteiger partial charge in [-0.05, 0) is 18.2 Å². The number of hydrogen-bond donors (Lipinski definition) is 1. The lowest BCUT2D eigenvalue weighted by Crippen LogP contribution is -1.97. The van der Waals surface area contributed by atoms with Gasteiger partial charge in [-0.2, -0.15) is 5.26 Å². The number of nitriles is 1. The summed E-state index contributed by atoms with van der Waals surface area (Å²) in [5.41, 5.74) is -0.313. The second-order valence-corrected chi connectivity index (χ2v) is 2.11. The summed E-state index contributed by atoms with van der Waals surface area (Å²) in [7, 11) is 0. The molecule has 0 unspecified atom stereocenters. The standard InChI is InChI=1S/C8H4FNO2.ClH/c9-7-3-5(8(11)12)1-2-6(7)4-10;/h1-3H,(H,11,12);1H. The smallest absolute Gasteiger partial charge is 0.335 e. The van der Waals surface area contributed by atoms with E-state index in [1.165, 1.54) is 6.07 Å². The highest BCUT2D eigenvalue weighted by molar-refractivity contribution is 5.87. The summed E-state index contributed by atoms with van der Waals surface area (Å²) in [5.74, 6) is -2.02. The summed E-state index contributed by atoms with van der Waals surface area (Å²) in [6.45, 7) is 0. The maximum absolute atomic E-state index is 12.7. The molecule has 1 rings (SSSR count). The fraction of sp³-hybridized carbons (Fsp3) is 0. The van der Waals surface area contributed by atoms with Crippen LogP contribution in [0.25, 0.3) is 0 Å². The minimum atomic E-state index is -1.21. The summed E-state index contributed by atoms with van der Waals surface area (Å²) in [4.78, 5) is 10.3. The Bertz CT molecular complexity index is 373. The SMILES string of the molecule is Cl.N#Cc1ccc(C(=O)O)cc1F. The maximum Gasteiger partial charge on any atom is 0.335 e. The zero-order chi connectivity index (χ0) is 9.14. The van der Waals surface area contributed by atoms with Crippen molar-refractivity contribution in [1.82, 2.24) is 0 Å². The number of carbonyl (C=O) groups is 1. The zero-order valence-electron chi connectivity index (χ0n) is 6.32. The predicted molar refractivity (Wildman–Crippen MR) is 45.3 cm³/mol. The number of carboxylic acids is 1. The van der Waals surface area contributed by atoms with Gasteiger partial charge >= 0.3 is 5.97 Å². The maximum atomic E-state index is 12.7. The van der Waals surface area contributed by atoms with Crippen LogP contribution in [0.3, 0.4) is 0 Å². The first-order chi connectivity index (χ1) is 5.65. The molecule has 0 atom stereocenters. The number of benzene rings is 1. The molecule has 0 heterocycles. The Morgan fingerprint density at radius 2 is 2.15 bits per heavy atom. The average molecular weight is 202 g/mol. The number of aromatic carboxylic acids is 1. The number of carboxylic acid groups (broad SMARTS) is 1. The third kappa shape index (κ3) is 2.42. The highest BCUT2D eigenvalue weighted by Crippen LogP contribution is 2.08. The molecule has 0 radical (unpaired) electrons. The van der Waals surface area contributed by atoms with Gasteiger partial charge in [0.1, 0.15) is 11.9 Å². The van der Waals surface area contributed by atoms with Crippen molar-refractivity contribution in [3.05, 3.63) is 35.1 Å². The predicted octanol–water partition coefficient (Wildman–Crippen LogP) is 1.82. The van der Waals surface area contributed by atoms with Crippen LogP contribution in [0, 0.1) is 17.1 Å². The second kappa shape index (κ2) is 4.43. The monoisotopic (exact) mass is 201 g/mol. The Kier molecular flexibility index (Phi) is 3.89. The first-order valence-corrected chi connectivity index (χ1v) is 3.08. The summed E-state index contributed by atoms with van der Waals surface area (Å²) in [5, 5.41) is 16.7. The Labute approximate surface area is 79.8 Å². The van der Waals surface area contributed by atoms with Crippen molar-refractivity contribution in [3.63, 3.8) is 0 Å². The van der Waals surface area contributed by atoms with E-state index < -0.39 is 11.8 Å². The molecular formula is C8H5ClFNO2. The van der Waals surface area contributed by atoms with Crippen molar-refractivity contribution in [2.24, 2.45) is 0 Å². The van der Waals surface area contributed by atoms with Crippen LogP contribution >= 0.6 is 12.4 Å². The first-order valence-electron chi connectivity index (χ1n) is 3.08. The molecule has 0 aliphatic rings. The molecular weight excluding hydrogens is 197 g/mol. The molecule has 0 saturated heterocycles. The third-order valence-corrected chi connectivity index (χ3v) is 1.34. The van der Waals surface area contributed by atoms with E-state index in [1.807, 2.05) is 0 Å². The van der Waals surface area contributed by atoms with Gasteiger partial charge in [-0.1, -0.05) is 0 Å². The summed E-state index contributed by atoms with van der Waals surface area (Å²) in [6, 6.07) is 4.74. The van der Waals surface area contributed by atoms with E-state index in [0.717, 1.165) is 12.1 Å². The number of hydrogen-bond acceptors (Lipinski definition) is 2. The minimum Gasteiger partial charge on any atom is -0.478 e. The Balaban J connectivity index is 0.00000144. The fourth-order valence-corrected chi connectivity index (χ4v) is 0.739. The van der Waals surface area contributed by atoms with E-state index in [-0.39, 0.29) is 23.5 Å². The van der Waals surface area contributed by atoms with Crippen molar-refractivity contribution in [2.45, 2.75) is 0 Å². The first kappa shape index (κ1) is 11.4. The minimum absolute atomic E-state index is 0. The van der Waals surface area contributed by atoms with Gasteiger partial charge < -0.3 is 5.11 Å². The highest BCUT2D eigenvalue weighted by Gasteiger charge is 2.06. The van der Waals surface area contributed by atoms with Gasteiger partial charge in [0.05, 0.1) is 11.1 Å². The van der Waals surface area contributed by atoms with Gasteiger partial charge in [0.2, 0.25) is 0 Å². The molecule has 1 aromatic rings. The van der Waals surface area contributed by atoms with Gasteiger partial charge in [-0.25, -0.2) is 9.18 Å². The molecule has 3 nitrogen and oxygen atoms in total. The number of nitrogens with zero attached hydrogens (tertiary/aromatic N) is 1. The van der Waals surface area contributed by atoms with Crippen LogP contribution in [0.5, 0.6) is 0 Å². The summed E-state index contributed by atoms with van der Waals surface area (Å²) in [6.07, 6.45) is 0. The molecule has 68 valence electrons. The normalized spacial score (nSPS) is 8.31. The topological polar surface area (TPSA) is 61.1 Å². The van der Waals surface area contributed by atoms with Crippen molar-refractivity contribution in [3.8, 4) is 6.07 Å². The molecule has 1 aromatic carbocycles. The van der Waals surface area contributed by atoms with Crippen molar-refractivity contribution in [2.75, 3.05) is 0 Å². The molecule has 0 fully saturated rings. The largest absolute Gasteiger partial charge is 0.478 e. The molecule has 0 aliphatic heterocycles. The molecule has 1 N–H and O–H groups in total. The highest BCUT2D eigenvalue weighted by atomic mass is 35.5. The molecule has 0 bridgehead atoms. The Hall–Kier alpha value is -1.60. The van der Waals surface area contributed by atoms with E-state index in [1.54, 1.807) is 6.07 Å². The van der Waals surface area contributed by atoms with Crippen LogP contribution in [0.2, 0.25) is 0 Å². The lowest BCUT2D eigenvalue weighted by atomic mass is 10.1. The third-order valence-electron chi connectivity index (χ3n) is 1.34.